The van der Waals surface area contributed by atoms with Crippen molar-refractivity contribution in [3.05, 3.63) is 101 Å². The molecule has 176 valence electrons. The largest absolute Gasteiger partial charge is 0.356 e. The van der Waals surface area contributed by atoms with E-state index in [4.69, 9.17) is 4.99 Å². The molecule has 1 unspecified atom stereocenters. The molecule has 0 saturated heterocycles. The van der Waals surface area contributed by atoms with Crippen molar-refractivity contribution in [3.8, 4) is 0 Å². The number of carbonyl (C=O) groups is 2. The number of aliphatic imine (C=N–C) groups is 2. The maximum absolute atomic E-state index is 14.2. The van der Waals surface area contributed by atoms with Gasteiger partial charge in [0, 0.05) is 17.9 Å². The van der Waals surface area contributed by atoms with Crippen LogP contribution in [0.25, 0.3) is 0 Å². The second-order valence-corrected chi connectivity index (χ2v) is 9.18. The second kappa shape index (κ2) is 10.2. The van der Waals surface area contributed by atoms with E-state index in [0.29, 0.717) is 41.0 Å². The third-order valence-corrected chi connectivity index (χ3v) is 6.88. The molecule has 0 saturated carbocycles. The molecule has 0 bridgehead atoms. The van der Waals surface area contributed by atoms with Gasteiger partial charge in [-0.2, -0.15) is 4.99 Å². The van der Waals surface area contributed by atoms with Crippen molar-refractivity contribution < 1.29 is 14.0 Å². The van der Waals surface area contributed by atoms with Gasteiger partial charge < -0.3 is 5.32 Å². The Bertz CT molecular complexity index is 1330. The zero-order valence-corrected chi connectivity index (χ0v) is 19.7. The van der Waals surface area contributed by atoms with Gasteiger partial charge >= 0.3 is 0 Å². The minimum Gasteiger partial charge on any atom is -0.356 e. The summed E-state index contributed by atoms with van der Waals surface area (Å²) in [5, 5.41) is 3.43. The zero-order chi connectivity index (χ0) is 24.2. The maximum Gasteiger partial charge on any atom is 0.271 e. The van der Waals surface area contributed by atoms with E-state index in [-0.39, 0.29) is 24.1 Å². The highest BCUT2D eigenvalue weighted by Gasteiger charge is 2.42. The lowest BCUT2D eigenvalue weighted by Gasteiger charge is -2.30. The Morgan fingerprint density at radius 3 is 2.54 bits per heavy atom. The number of hydrogen-bond donors (Lipinski definition) is 1. The van der Waals surface area contributed by atoms with Crippen molar-refractivity contribution in [3.63, 3.8) is 0 Å². The van der Waals surface area contributed by atoms with Crippen molar-refractivity contribution >= 4 is 40.3 Å². The number of amides is 2. The van der Waals surface area contributed by atoms with Crippen LogP contribution >= 0.6 is 11.8 Å². The number of nitrogens with one attached hydrogen (secondary N) is 1. The number of fused-ring (bicyclic) bond motifs is 3. The summed E-state index contributed by atoms with van der Waals surface area (Å²) in [6.45, 7) is 0.475. The number of amidine groups is 2. The minimum atomic E-state index is -0.790. The monoisotopic (exact) mass is 486 g/mol. The summed E-state index contributed by atoms with van der Waals surface area (Å²) < 4.78 is 14.2. The van der Waals surface area contributed by atoms with Crippen LogP contribution in [0, 0.1) is 5.82 Å². The molecular weight excluding hydrogens is 463 g/mol. The van der Waals surface area contributed by atoms with E-state index in [1.165, 1.54) is 17.8 Å². The van der Waals surface area contributed by atoms with Gasteiger partial charge in [0.2, 0.25) is 5.91 Å². The van der Waals surface area contributed by atoms with E-state index in [0.717, 1.165) is 11.1 Å². The number of carbonyl (C=O) groups excluding carboxylic acids is 2. The van der Waals surface area contributed by atoms with Crippen LogP contribution in [0.2, 0.25) is 0 Å². The highest BCUT2D eigenvalue weighted by molar-refractivity contribution is 8.13. The summed E-state index contributed by atoms with van der Waals surface area (Å²) in [5.74, 6) is -0.0832. The molecule has 3 aromatic rings. The molecule has 2 heterocycles. The predicted molar refractivity (Wildman–Crippen MR) is 136 cm³/mol. The molecule has 0 aromatic heterocycles. The molecule has 0 radical (unpaired) electrons. The Labute approximate surface area is 207 Å². The first kappa shape index (κ1) is 23.0. The molecular formula is C27H23FN4O2S. The fraction of sp³-hybridized carbons (Fsp3) is 0.185. The molecule has 35 heavy (non-hydrogen) atoms. The Kier molecular flexibility index (Phi) is 6.72. The third kappa shape index (κ3) is 5.02. The minimum absolute atomic E-state index is 0.0396. The molecule has 1 atom stereocenters. The molecule has 3 aromatic carbocycles. The maximum atomic E-state index is 14.2. The van der Waals surface area contributed by atoms with Gasteiger partial charge in [-0.1, -0.05) is 72.4 Å². The summed E-state index contributed by atoms with van der Waals surface area (Å²) in [4.78, 5) is 36.4. The number of rotatable bonds is 7. The summed E-state index contributed by atoms with van der Waals surface area (Å²) in [7, 11) is 0. The van der Waals surface area contributed by atoms with Crippen LogP contribution in [0.3, 0.4) is 0 Å². The highest BCUT2D eigenvalue weighted by atomic mass is 32.2. The van der Waals surface area contributed by atoms with Crippen LogP contribution in [-0.4, -0.2) is 40.3 Å². The van der Waals surface area contributed by atoms with Gasteiger partial charge in [0.05, 0.1) is 12.1 Å². The van der Waals surface area contributed by atoms with E-state index in [9.17, 15) is 14.0 Å². The number of thioether (sulfide) groups is 1. The van der Waals surface area contributed by atoms with Gasteiger partial charge in [0.1, 0.15) is 17.7 Å². The van der Waals surface area contributed by atoms with Gasteiger partial charge in [-0.15, -0.1) is 0 Å². The van der Waals surface area contributed by atoms with E-state index in [2.05, 4.69) is 10.3 Å². The standard InChI is InChI=1S/C27H23FN4O2S/c28-21-12-6-4-10-19(21)17-35-27-30-22-13-7-5-11-20(22)25-31-26(34)23(32(25)27)16-24(33)29-15-14-18-8-2-1-3-9-18/h1-13,23H,14-17H2,(H,29,33). The van der Waals surface area contributed by atoms with Crippen LogP contribution in [0.1, 0.15) is 23.1 Å². The van der Waals surface area contributed by atoms with Gasteiger partial charge in [0.15, 0.2) is 5.17 Å². The SMILES string of the molecule is O=C(CC1C(=O)N=C2c3ccccc3N=C(SCc3ccccc3F)N21)NCCc1ccccc1. The van der Waals surface area contributed by atoms with Crippen LogP contribution in [0.15, 0.2) is 88.8 Å². The topological polar surface area (TPSA) is 74.1 Å². The molecule has 1 N–H and O–H groups in total. The fourth-order valence-electron chi connectivity index (χ4n) is 4.10. The van der Waals surface area contributed by atoms with Crippen molar-refractivity contribution in [1.29, 1.82) is 0 Å². The molecule has 2 amide bonds. The Hall–Kier alpha value is -3.78. The molecule has 6 nitrogen and oxygen atoms in total. The molecule has 5 rings (SSSR count). The van der Waals surface area contributed by atoms with Gasteiger partial charge in [-0.05, 0) is 35.7 Å². The molecule has 8 heteroatoms. The Morgan fingerprint density at radius 2 is 1.71 bits per heavy atom. The lowest BCUT2D eigenvalue weighted by atomic mass is 10.1. The number of nitrogens with zero attached hydrogens (tertiary/aromatic N) is 3. The lowest BCUT2D eigenvalue weighted by Crippen LogP contribution is -2.46. The highest BCUT2D eigenvalue weighted by Crippen LogP contribution is 2.35. The zero-order valence-electron chi connectivity index (χ0n) is 18.9. The first-order chi connectivity index (χ1) is 17.1. The van der Waals surface area contributed by atoms with Crippen molar-refractivity contribution in [2.45, 2.75) is 24.6 Å². The van der Waals surface area contributed by atoms with Crippen molar-refractivity contribution in [2.75, 3.05) is 6.54 Å². The normalized spacial score (nSPS) is 16.3. The smallest absolute Gasteiger partial charge is 0.271 e. The van der Waals surface area contributed by atoms with E-state index >= 15 is 0 Å². The fourth-order valence-corrected chi connectivity index (χ4v) is 5.13. The van der Waals surface area contributed by atoms with Gasteiger partial charge in [0.25, 0.3) is 5.91 Å². The molecule has 0 fully saturated rings. The van der Waals surface area contributed by atoms with Crippen LogP contribution in [0.4, 0.5) is 10.1 Å². The lowest BCUT2D eigenvalue weighted by molar-refractivity contribution is -0.126. The number of benzene rings is 3. The van der Waals surface area contributed by atoms with Crippen molar-refractivity contribution in [1.82, 2.24) is 10.2 Å². The van der Waals surface area contributed by atoms with Crippen LogP contribution in [0.5, 0.6) is 0 Å². The summed E-state index contributed by atoms with van der Waals surface area (Å²) >= 11 is 1.32. The average Bonchev–Trinajstić information content (AvgIpc) is 3.20. The van der Waals surface area contributed by atoms with Crippen molar-refractivity contribution in [2.24, 2.45) is 9.98 Å². The number of halogens is 1. The second-order valence-electron chi connectivity index (χ2n) is 8.24. The first-order valence-corrected chi connectivity index (χ1v) is 12.4. The Balaban J connectivity index is 1.33. The third-order valence-electron chi connectivity index (χ3n) is 5.88. The summed E-state index contributed by atoms with van der Waals surface area (Å²) in [6.07, 6.45) is 0.664. The predicted octanol–water partition coefficient (Wildman–Crippen LogP) is 4.47. The van der Waals surface area contributed by atoms with E-state index in [1.807, 2.05) is 54.6 Å². The van der Waals surface area contributed by atoms with Gasteiger partial charge in [-0.3, -0.25) is 14.5 Å². The van der Waals surface area contributed by atoms with Crippen LogP contribution in [-0.2, 0) is 21.8 Å². The van der Waals surface area contributed by atoms with E-state index in [1.54, 1.807) is 23.1 Å². The quantitative estimate of drug-likeness (QED) is 0.535. The molecule has 0 spiro atoms. The molecule has 2 aliphatic heterocycles. The first-order valence-electron chi connectivity index (χ1n) is 11.4. The van der Waals surface area contributed by atoms with E-state index < -0.39 is 6.04 Å². The molecule has 2 aliphatic rings. The van der Waals surface area contributed by atoms with Gasteiger partial charge in [-0.25, -0.2) is 9.38 Å². The summed E-state index contributed by atoms with van der Waals surface area (Å²) in [6, 6.07) is 23.1. The molecule has 0 aliphatic carbocycles. The number of hydrogen-bond acceptors (Lipinski definition) is 5. The summed E-state index contributed by atoms with van der Waals surface area (Å²) in [5.41, 5.74) is 3.10. The average molecular weight is 487 g/mol. The Morgan fingerprint density at radius 1 is 0.971 bits per heavy atom. The number of para-hydroxylation sites is 1. The van der Waals surface area contributed by atoms with Crippen LogP contribution < -0.4 is 5.32 Å².